The summed E-state index contributed by atoms with van der Waals surface area (Å²) in [5.41, 5.74) is 2.73. The molecule has 4 rings (SSSR count). The molecule has 0 radical (unpaired) electrons. The van der Waals surface area contributed by atoms with E-state index in [9.17, 15) is 20.0 Å². The zero-order valence-electron chi connectivity index (χ0n) is 27.1. The fourth-order valence-electron chi connectivity index (χ4n) is 5.10. The molecule has 0 aliphatic heterocycles. The number of phenolic OH excluding ortho intramolecular Hbond substituents is 1. The van der Waals surface area contributed by atoms with Crippen LogP contribution in [-0.2, 0) is 10.8 Å². The second-order valence-electron chi connectivity index (χ2n) is 12.6. The summed E-state index contributed by atoms with van der Waals surface area (Å²) in [5, 5.41) is 26.8. The number of carbonyl (C=O) groups excluding carboxylic acids is 1. The van der Waals surface area contributed by atoms with E-state index in [-0.39, 0.29) is 27.8 Å². The van der Waals surface area contributed by atoms with E-state index >= 15 is 0 Å². The molecule has 238 valence electrons. The fourth-order valence-corrected chi connectivity index (χ4v) is 6.20. The number of hydrogen-bond donors (Lipinski definition) is 2. The van der Waals surface area contributed by atoms with Gasteiger partial charge in [-0.15, -0.1) is 0 Å². The van der Waals surface area contributed by atoms with E-state index in [4.69, 9.17) is 4.74 Å². The maximum Gasteiger partial charge on any atom is 0.283 e. The number of ether oxygens (including phenoxy) is 1. The summed E-state index contributed by atoms with van der Waals surface area (Å²) in [6.45, 7) is 14.4. The Morgan fingerprint density at radius 1 is 0.889 bits per heavy atom. The summed E-state index contributed by atoms with van der Waals surface area (Å²) in [5.74, 6) is 0.398. The summed E-state index contributed by atoms with van der Waals surface area (Å²) in [7, 11) is 0. The molecule has 45 heavy (non-hydrogen) atoms. The molecule has 4 aromatic carbocycles. The first kappa shape index (κ1) is 33.8. The number of nitro benzene ring substituents is 1. The molecule has 0 aliphatic rings. The van der Waals surface area contributed by atoms with Crippen molar-refractivity contribution in [2.45, 2.75) is 87.8 Å². The van der Waals surface area contributed by atoms with E-state index in [1.165, 1.54) is 29.0 Å². The molecule has 1 amide bonds. The predicted molar refractivity (Wildman–Crippen MR) is 183 cm³/mol. The number of nitrogens with zero attached hydrogens (tertiary/aromatic N) is 1. The third-order valence-electron chi connectivity index (χ3n) is 8.88. The molecule has 0 fully saturated rings. The van der Waals surface area contributed by atoms with Gasteiger partial charge in [0.25, 0.3) is 11.6 Å². The Labute approximate surface area is 270 Å². The van der Waals surface area contributed by atoms with Crippen LogP contribution < -0.4 is 10.1 Å². The standard InChI is InChI=1S/C37H44N2O5S/c1-7-36(3,4)25-19-20-31(29(23-25)37(5,6)8-2)44-22-14-13-21-38-35(41)28-24-33(26-15-9-10-16-27(26)34(28)40)45-32-18-12-11-17-30(32)39(42)43/h9-12,15-20,23-24,40H,7-8,13-14,21-22H2,1-6H3,(H,38,41). The van der Waals surface area contributed by atoms with Crippen molar-refractivity contribution >= 4 is 34.1 Å². The average molecular weight is 629 g/mol. The van der Waals surface area contributed by atoms with Gasteiger partial charge in [-0.05, 0) is 65.7 Å². The van der Waals surface area contributed by atoms with Crippen LogP contribution in [0.1, 0.15) is 88.7 Å². The van der Waals surface area contributed by atoms with Crippen molar-refractivity contribution in [3.8, 4) is 11.5 Å². The molecule has 0 aliphatic carbocycles. The number of fused-ring (bicyclic) bond motifs is 1. The van der Waals surface area contributed by atoms with Gasteiger partial charge in [0.05, 0.1) is 22.0 Å². The van der Waals surface area contributed by atoms with Gasteiger partial charge in [-0.2, -0.15) is 0 Å². The highest BCUT2D eigenvalue weighted by atomic mass is 32.2. The molecule has 8 heteroatoms. The van der Waals surface area contributed by atoms with Crippen LogP contribution in [0.3, 0.4) is 0 Å². The lowest BCUT2D eigenvalue weighted by Crippen LogP contribution is -2.25. The van der Waals surface area contributed by atoms with Crippen molar-refractivity contribution in [3.63, 3.8) is 0 Å². The quantitative estimate of drug-likeness (QED) is 0.0819. The number of nitrogens with one attached hydrogen (secondary N) is 1. The zero-order chi connectivity index (χ0) is 32.8. The number of hydrogen-bond acceptors (Lipinski definition) is 6. The molecule has 0 bridgehead atoms. The van der Waals surface area contributed by atoms with E-state index in [0.29, 0.717) is 40.1 Å². The normalized spacial score (nSPS) is 11.9. The van der Waals surface area contributed by atoms with Gasteiger partial charge in [0, 0.05) is 28.5 Å². The van der Waals surface area contributed by atoms with Crippen LogP contribution in [0.2, 0.25) is 0 Å². The van der Waals surface area contributed by atoms with Gasteiger partial charge in [-0.25, -0.2) is 0 Å². The second-order valence-corrected chi connectivity index (χ2v) is 13.7. The molecule has 0 atom stereocenters. The van der Waals surface area contributed by atoms with Gasteiger partial charge in [0.2, 0.25) is 0 Å². The monoisotopic (exact) mass is 628 g/mol. The Morgan fingerprint density at radius 3 is 2.24 bits per heavy atom. The molecule has 4 aromatic rings. The Balaban J connectivity index is 1.42. The number of rotatable bonds is 14. The predicted octanol–water partition coefficient (Wildman–Crippen LogP) is 9.57. The minimum Gasteiger partial charge on any atom is -0.506 e. The molecule has 0 aromatic heterocycles. The van der Waals surface area contributed by atoms with Crippen molar-refractivity contribution in [2.24, 2.45) is 0 Å². The molecule has 0 unspecified atom stereocenters. The van der Waals surface area contributed by atoms with Crippen molar-refractivity contribution in [3.05, 3.63) is 99.6 Å². The van der Waals surface area contributed by atoms with Crippen LogP contribution in [0.15, 0.2) is 82.6 Å². The number of nitro groups is 1. The molecule has 0 heterocycles. The molecule has 7 nitrogen and oxygen atoms in total. The minimum absolute atomic E-state index is 0.0148. The Bertz CT molecular complexity index is 1680. The van der Waals surface area contributed by atoms with E-state index in [1.54, 1.807) is 36.4 Å². The van der Waals surface area contributed by atoms with Crippen LogP contribution in [0.25, 0.3) is 10.8 Å². The highest BCUT2D eigenvalue weighted by Crippen LogP contribution is 2.42. The third-order valence-corrected chi connectivity index (χ3v) is 10.00. The van der Waals surface area contributed by atoms with Crippen LogP contribution in [0.4, 0.5) is 5.69 Å². The summed E-state index contributed by atoms with van der Waals surface area (Å²) in [6.07, 6.45) is 3.50. The lowest BCUT2D eigenvalue weighted by Gasteiger charge is -2.30. The van der Waals surface area contributed by atoms with Crippen molar-refractivity contribution in [1.29, 1.82) is 0 Å². The maximum absolute atomic E-state index is 13.2. The van der Waals surface area contributed by atoms with Crippen LogP contribution in [0, 0.1) is 10.1 Å². The topological polar surface area (TPSA) is 102 Å². The fraction of sp³-hybridized carbons (Fsp3) is 0.378. The van der Waals surface area contributed by atoms with Crippen LogP contribution in [-0.4, -0.2) is 29.1 Å². The Morgan fingerprint density at radius 2 is 1.56 bits per heavy atom. The molecule has 2 N–H and O–H groups in total. The number of carbonyl (C=O) groups is 1. The van der Waals surface area contributed by atoms with Gasteiger partial charge < -0.3 is 15.2 Å². The third kappa shape index (κ3) is 7.79. The molecule has 0 spiro atoms. The summed E-state index contributed by atoms with van der Waals surface area (Å²) < 4.78 is 6.28. The Kier molecular flexibility index (Phi) is 10.8. The highest BCUT2D eigenvalue weighted by Gasteiger charge is 2.27. The summed E-state index contributed by atoms with van der Waals surface area (Å²) >= 11 is 1.20. The first-order valence-corrected chi connectivity index (χ1v) is 16.4. The van der Waals surface area contributed by atoms with Gasteiger partial charge in [0.1, 0.15) is 11.5 Å². The summed E-state index contributed by atoms with van der Waals surface area (Å²) in [6, 6.07) is 21.9. The number of unbranched alkanes of at least 4 members (excludes halogenated alkanes) is 1. The van der Waals surface area contributed by atoms with Gasteiger partial charge in [0.15, 0.2) is 0 Å². The molecular formula is C37H44N2O5S. The molecular weight excluding hydrogens is 584 g/mol. The molecule has 0 saturated heterocycles. The number of aromatic hydroxyl groups is 1. The molecule has 0 saturated carbocycles. The largest absolute Gasteiger partial charge is 0.506 e. The first-order chi connectivity index (χ1) is 21.4. The lowest BCUT2D eigenvalue weighted by molar-refractivity contribution is -0.387. The van der Waals surface area contributed by atoms with E-state index in [0.717, 1.165) is 25.0 Å². The van der Waals surface area contributed by atoms with Gasteiger partial charge in [-0.3, -0.25) is 14.9 Å². The SMILES string of the molecule is CCC(C)(C)c1ccc(OCCCCNC(=O)c2cc(Sc3ccccc3[N+](=O)[O-])c3ccccc3c2O)c(C(C)(C)CC)c1. The van der Waals surface area contributed by atoms with Gasteiger partial charge in [-0.1, -0.05) is 102 Å². The number of phenols is 1. The van der Waals surface area contributed by atoms with E-state index in [2.05, 4.69) is 65.1 Å². The van der Waals surface area contributed by atoms with Crippen molar-refractivity contribution < 1.29 is 19.6 Å². The number of amides is 1. The zero-order valence-corrected chi connectivity index (χ0v) is 27.9. The number of benzene rings is 4. The van der Waals surface area contributed by atoms with E-state index < -0.39 is 10.8 Å². The van der Waals surface area contributed by atoms with Gasteiger partial charge >= 0.3 is 0 Å². The van der Waals surface area contributed by atoms with Crippen LogP contribution >= 0.6 is 11.8 Å². The van der Waals surface area contributed by atoms with Crippen molar-refractivity contribution in [2.75, 3.05) is 13.2 Å². The second kappa shape index (κ2) is 14.4. The smallest absolute Gasteiger partial charge is 0.283 e. The lowest BCUT2D eigenvalue weighted by atomic mass is 9.76. The maximum atomic E-state index is 13.2. The Hall–Kier alpha value is -4.04. The highest BCUT2D eigenvalue weighted by molar-refractivity contribution is 7.99. The number of para-hydroxylation sites is 1. The average Bonchev–Trinajstić information content (AvgIpc) is 3.04. The summed E-state index contributed by atoms with van der Waals surface area (Å²) in [4.78, 5) is 25.5. The van der Waals surface area contributed by atoms with Crippen molar-refractivity contribution in [1.82, 2.24) is 5.32 Å². The minimum atomic E-state index is -0.421. The van der Waals surface area contributed by atoms with Crippen LogP contribution in [0.5, 0.6) is 11.5 Å². The van der Waals surface area contributed by atoms with E-state index in [1.807, 2.05) is 12.1 Å². The first-order valence-electron chi connectivity index (χ1n) is 15.6.